The van der Waals surface area contributed by atoms with E-state index in [-0.39, 0.29) is 11.5 Å². The van der Waals surface area contributed by atoms with Crippen LogP contribution in [0, 0.1) is 34.5 Å². The highest BCUT2D eigenvalue weighted by molar-refractivity contribution is 5.60. The van der Waals surface area contributed by atoms with E-state index in [1.54, 1.807) is 0 Å². The van der Waals surface area contributed by atoms with Gasteiger partial charge in [0, 0.05) is 12.0 Å². The number of hydrogen-bond donors (Lipinski definition) is 0. The van der Waals surface area contributed by atoms with E-state index in [2.05, 4.69) is 32.9 Å². The maximum absolute atomic E-state index is 11.7. The van der Waals surface area contributed by atoms with Crippen molar-refractivity contribution in [2.45, 2.75) is 77.9 Å². The zero-order valence-electron chi connectivity index (χ0n) is 17.4. The number of carbonyl (C=O) groups is 1. The molecular weight excluding hydrogens is 340 g/mol. The highest BCUT2D eigenvalue weighted by Crippen LogP contribution is 2.65. The molecule has 0 bridgehead atoms. The maximum atomic E-state index is 11.7. The largest absolute Gasteiger partial charge is 0.508 e. The van der Waals surface area contributed by atoms with Gasteiger partial charge in [-0.05, 0) is 81.0 Å². The predicted molar refractivity (Wildman–Crippen MR) is 104 cm³/mol. The molecule has 3 saturated carbocycles. The Hall–Kier alpha value is -1.03. The summed E-state index contributed by atoms with van der Waals surface area (Å²) in [5.41, 5.74) is 0.421. The Balaban J connectivity index is 1.54. The Kier molecular flexibility index (Phi) is 5.07. The van der Waals surface area contributed by atoms with Gasteiger partial charge in [0.05, 0.1) is 13.2 Å². The number of fused-ring (bicyclic) bond motifs is 5. The molecule has 4 aliphatic rings. The van der Waals surface area contributed by atoms with E-state index >= 15 is 0 Å². The molecule has 4 rings (SSSR count). The first kappa shape index (κ1) is 19.3. The maximum Gasteiger partial charge on any atom is 0.508 e. The molecule has 27 heavy (non-hydrogen) atoms. The Morgan fingerprint density at radius 2 is 1.93 bits per heavy atom. The van der Waals surface area contributed by atoms with Crippen LogP contribution in [0.2, 0.25) is 0 Å². The second-order valence-corrected chi connectivity index (χ2v) is 9.79. The highest BCUT2D eigenvalue weighted by Gasteiger charge is 2.60. The Bertz CT molecular complexity index is 601. The van der Waals surface area contributed by atoms with Crippen molar-refractivity contribution in [3.8, 4) is 0 Å². The minimum absolute atomic E-state index is 0.0191. The fourth-order valence-electron chi connectivity index (χ4n) is 7.42. The Morgan fingerprint density at radius 1 is 1.11 bits per heavy atom. The fraction of sp³-hybridized carbons (Fsp3) is 0.870. The van der Waals surface area contributed by atoms with Gasteiger partial charge in [-0.25, -0.2) is 4.79 Å². The van der Waals surface area contributed by atoms with Gasteiger partial charge in [0.15, 0.2) is 0 Å². The summed E-state index contributed by atoms with van der Waals surface area (Å²) in [4.78, 5) is 11.7. The first-order chi connectivity index (χ1) is 12.9. The summed E-state index contributed by atoms with van der Waals surface area (Å²) in [7, 11) is 1.40. The molecule has 0 amide bonds. The van der Waals surface area contributed by atoms with Crippen LogP contribution >= 0.6 is 0 Å². The Labute approximate surface area is 164 Å². The summed E-state index contributed by atoms with van der Waals surface area (Å²) in [5.74, 6) is 2.92. The van der Waals surface area contributed by atoms with Crippen LogP contribution in [0.5, 0.6) is 0 Å². The van der Waals surface area contributed by atoms with Gasteiger partial charge in [-0.1, -0.05) is 26.0 Å². The fourth-order valence-corrected chi connectivity index (χ4v) is 7.42. The van der Waals surface area contributed by atoms with Crippen LogP contribution in [0.3, 0.4) is 0 Å². The number of ether oxygens (including phenoxy) is 3. The van der Waals surface area contributed by atoms with Crippen LogP contribution in [0.1, 0.15) is 65.7 Å². The second-order valence-electron chi connectivity index (χ2n) is 9.79. The number of methoxy groups -OCH3 is 1. The normalized spacial score (nSPS) is 48.3. The summed E-state index contributed by atoms with van der Waals surface area (Å²) in [6.45, 7) is 7.76. The van der Waals surface area contributed by atoms with Crippen LogP contribution in [0.15, 0.2) is 12.2 Å². The van der Waals surface area contributed by atoms with E-state index in [1.165, 1.54) is 39.2 Å². The van der Waals surface area contributed by atoms with Gasteiger partial charge < -0.3 is 14.2 Å². The van der Waals surface area contributed by atoms with Crippen molar-refractivity contribution in [2.75, 3.05) is 13.7 Å². The first-order valence-corrected chi connectivity index (χ1v) is 11.0. The predicted octanol–water partition coefficient (Wildman–Crippen LogP) is 5.36. The van der Waals surface area contributed by atoms with Crippen molar-refractivity contribution < 1.29 is 19.0 Å². The molecule has 0 aromatic carbocycles. The number of hydrogen-bond acceptors (Lipinski definition) is 4. The summed E-state index contributed by atoms with van der Waals surface area (Å²) < 4.78 is 16.4. The van der Waals surface area contributed by atoms with Crippen molar-refractivity contribution in [1.29, 1.82) is 0 Å². The molecule has 0 N–H and O–H groups in total. The lowest BCUT2D eigenvalue weighted by atomic mass is 9.46. The standard InChI is InChI=1S/C23H36O4/c1-5-26-16-10-12-22(2)15(14-16)6-7-17-18-8-9-20(27-21(24)25-4)23(18,3)13-11-19(17)22/h10,12,15-20H,5-9,11,13-14H2,1-4H3/t15-,16-,17-,18-,19-,20-,22-,23-/m0/s1. The third-order valence-corrected chi connectivity index (χ3v) is 8.85. The lowest BCUT2D eigenvalue weighted by Crippen LogP contribution is -2.53. The van der Waals surface area contributed by atoms with Crippen molar-refractivity contribution in [3.63, 3.8) is 0 Å². The number of allylic oxidation sites excluding steroid dienone is 1. The average molecular weight is 377 g/mol. The zero-order chi connectivity index (χ0) is 19.2. The van der Waals surface area contributed by atoms with Gasteiger partial charge >= 0.3 is 6.16 Å². The van der Waals surface area contributed by atoms with Gasteiger partial charge in [0.1, 0.15) is 6.10 Å². The zero-order valence-corrected chi connectivity index (χ0v) is 17.4. The van der Waals surface area contributed by atoms with E-state index in [1.807, 2.05) is 0 Å². The second kappa shape index (κ2) is 7.09. The van der Waals surface area contributed by atoms with E-state index < -0.39 is 6.16 Å². The molecule has 4 nitrogen and oxygen atoms in total. The molecule has 0 aliphatic heterocycles. The smallest absolute Gasteiger partial charge is 0.438 e. The third-order valence-electron chi connectivity index (χ3n) is 8.85. The van der Waals surface area contributed by atoms with Crippen molar-refractivity contribution in [3.05, 3.63) is 12.2 Å². The van der Waals surface area contributed by atoms with Crippen LogP contribution < -0.4 is 0 Å². The highest BCUT2D eigenvalue weighted by atomic mass is 16.7. The van der Waals surface area contributed by atoms with Crippen molar-refractivity contribution in [2.24, 2.45) is 34.5 Å². The van der Waals surface area contributed by atoms with Crippen LogP contribution in [0.4, 0.5) is 4.79 Å². The third kappa shape index (κ3) is 3.03. The van der Waals surface area contributed by atoms with Crippen LogP contribution in [-0.4, -0.2) is 32.1 Å². The molecule has 4 aliphatic carbocycles. The minimum atomic E-state index is -0.517. The number of rotatable bonds is 3. The lowest BCUT2D eigenvalue weighted by Gasteiger charge is -2.59. The van der Waals surface area contributed by atoms with Gasteiger partial charge in [-0.15, -0.1) is 0 Å². The first-order valence-electron chi connectivity index (χ1n) is 11.0. The van der Waals surface area contributed by atoms with Gasteiger partial charge in [0.2, 0.25) is 0 Å². The molecule has 8 atom stereocenters. The molecule has 3 fully saturated rings. The molecule has 0 unspecified atom stereocenters. The molecule has 0 spiro atoms. The Morgan fingerprint density at radius 3 is 2.67 bits per heavy atom. The quantitative estimate of drug-likeness (QED) is 0.491. The molecule has 0 heterocycles. The van der Waals surface area contributed by atoms with E-state index in [4.69, 9.17) is 14.2 Å². The average Bonchev–Trinajstić information content (AvgIpc) is 2.98. The molecule has 152 valence electrons. The molecular formula is C23H36O4. The van der Waals surface area contributed by atoms with E-state index in [0.717, 1.165) is 37.2 Å². The van der Waals surface area contributed by atoms with E-state index in [9.17, 15) is 4.79 Å². The van der Waals surface area contributed by atoms with Gasteiger partial charge in [-0.2, -0.15) is 0 Å². The summed E-state index contributed by atoms with van der Waals surface area (Å²) in [5, 5.41) is 0. The minimum Gasteiger partial charge on any atom is -0.438 e. The lowest BCUT2D eigenvalue weighted by molar-refractivity contribution is -0.108. The molecule has 4 heteroatoms. The van der Waals surface area contributed by atoms with Crippen LogP contribution in [-0.2, 0) is 14.2 Å². The van der Waals surface area contributed by atoms with Crippen molar-refractivity contribution >= 4 is 6.16 Å². The van der Waals surface area contributed by atoms with Gasteiger partial charge in [0.25, 0.3) is 0 Å². The molecule has 0 radical (unpaired) electrons. The monoisotopic (exact) mass is 376 g/mol. The van der Waals surface area contributed by atoms with Crippen molar-refractivity contribution in [1.82, 2.24) is 0 Å². The SMILES string of the molecule is CCO[C@H]1C=C[C@@]2(C)[C@@H](CC[C@@H]3[C@@H]2CC[C@]2(C)[C@@H](OC(=O)OC)CC[C@@H]32)C1. The van der Waals surface area contributed by atoms with Crippen LogP contribution in [0.25, 0.3) is 0 Å². The topological polar surface area (TPSA) is 44.8 Å². The molecule has 0 aromatic heterocycles. The number of carbonyl (C=O) groups excluding carboxylic acids is 1. The molecule has 0 saturated heterocycles. The summed E-state index contributed by atoms with van der Waals surface area (Å²) in [6.07, 6.45) is 13.1. The summed E-state index contributed by atoms with van der Waals surface area (Å²) >= 11 is 0. The van der Waals surface area contributed by atoms with Gasteiger partial charge in [-0.3, -0.25) is 0 Å². The van der Waals surface area contributed by atoms with E-state index in [0.29, 0.717) is 17.4 Å². The molecule has 0 aromatic rings. The summed E-state index contributed by atoms with van der Waals surface area (Å²) in [6, 6.07) is 0.